The summed E-state index contributed by atoms with van der Waals surface area (Å²) in [5.74, 6) is -2.61. The van der Waals surface area contributed by atoms with Crippen LogP contribution in [0, 0.1) is 17.5 Å². The highest BCUT2D eigenvalue weighted by Crippen LogP contribution is 2.18. The van der Waals surface area contributed by atoms with Gasteiger partial charge in [0, 0.05) is 18.7 Å². The molecule has 0 atom stereocenters. The maximum absolute atomic E-state index is 13.8. The van der Waals surface area contributed by atoms with Crippen molar-refractivity contribution >= 4 is 11.2 Å². The Morgan fingerprint density at radius 1 is 1.00 bits per heavy atom. The monoisotopic (exact) mass is 414 g/mol. The molecule has 0 radical (unpaired) electrons. The number of imidazole rings is 1. The third-order valence-electron chi connectivity index (χ3n) is 4.77. The summed E-state index contributed by atoms with van der Waals surface area (Å²) in [5.41, 5.74) is -0.562. The number of fused-ring (bicyclic) bond motifs is 1. The van der Waals surface area contributed by atoms with E-state index >= 15 is 0 Å². The molecule has 4 aromatic rings. The predicted octanol–water partition coefficient (Wildman–Crippen LogP) is 3.40. The molecule has 0 fully saturated rings. The molecule has 9 heteroatoms. The number of nitrogens with zero attached hydrogens (tertiary/aromatic N) is 4. The second-order valence-electron chi connectivity index (χ2n) is 7.16. The summed E-state index contributed by atoms with van der Waals surface area (Å²) in [7, 11) is 0. The zero-order valence-corrected chi connectivity index (χ0v) is 16.1. The van der Waals surface area contributed by atoms with E-state index in [-0.39, 0.29) is 23.4 Å². The van der Waals surface area contributed by atoms with E-state index in [9.17, 15) is 22.8 Å². The second kappa shape index (κ2) is 7.33. The Kier molecular flexibility index (Phi) is 4.81. The smallest absolute Gasteiger partial charge is 0.320 e. The van der Waals surface area contributed by atoms with E-state index in [1.165, 1.54) is 29.1 Å². The second-order valence-corrected chi connectivity index (χ2v) is 7.16. The molecular weight excluding hydrogens is 397 g/mol. The van der Waals surface area contributed by atoms with Gasteiger partial charge < -0.3 is 4.57 Å². The van der Waals surface area contributed by atoms with Gasteiger partial charge in [0.2, 0.25) is 0 Å². The summed E-state index contributed by atoms with van der Waals surface area (Å²) >= 11 is 0. The van der Waals surface area contributed by atoms with Gasteiger partial charge in [0.1, 0.15) is 5.82 Å². The Morgan fingerprint density at radius 3 is 2.43 bits per heavy atom. The molecule has 6 nitrogen and oxygen atoms in total. The number of benzene rings is 2. The number of halogens is 3. The van der Waals surface area contributed by atoms with Crippen LogP contribution in [0.3, 0.4) is 0 Å². The van der Waals surface area contributed by atoms with Crippen LogP contribution in [0.1, 0.15) is 25.5 Å². The van der Waals surface area contributed by atoms with Gasteiger partial charge in [-0.2, -0.15) is 0 Å². The fourth-order valence-electron chi connectivity index (χ4n) is 3.42. The zero-order chi connectivity index (χ0) is 21.6. The molecule has 2 aromatic carbocycles. The number of hydrogen-bond donors (Lipinski definition) is 0. The van der Waals surface area contributed by atoms with Gasteiger partial charge in [0.05, 0.1) is 12.0 Å². The fraction of sp³-hybridized carbons (Fsp3) is 0.190. The van der Waals surface area contributed by atoms with Gasteiger partial charge in [-0.1, -0.05) is 12.1 Å². The number of hydrogen-bond acceptors (Lipinski definition) is 3. The molecule has 0 amide bonds. The topological polar surface area (TPSA) is 61.8 Å². The van der Waals surface area contributed by atoms with E-state index in [0.29, 0.717) is 5.56 Å². The molecule has 154 valence electrons. The molecule has 4 rings (SSSR count). The van der Waals surface area contributed by atoms with Crippen LogP contribution in [0.25, 0.3) is 16.9 Å². The van der Waals surface area contributed by atoms with Crippen LogP contribution in [0.4, 0.5) is 13.2 Å². The summed E-state index contributed by atoms with van der Waals surface area (Å²) in [6, 6.07) is 8.40. The Labute approximate surface area is 168 Å². The van der Waals surface area contributed by atoms with Gasteiger partial charge in [-0.3, -0.25) is 9.36 Å². The first-order valence-electron chi connectivity index (χ1n) is 9.20. The minimum absolute atomic E-state index is 0.00399. The molecule has 2 aromatic heterocycles. The van der Waals surface area contributed by atoms with Crippen molar-refractivity contribution in [3.8, 4) is 5.69 Å². The molecule has 0 bridgehead atoms. The van der Waals surface area contributed by atoms with Gasteiger partial charge in [-0.05, 0) is 43.7 Å². The van der Waals surface area contributed by atoms with Crippen LogP contribution >= 0.6 is 0 Å². The Balaban J connectivity index is 2.03. The molecule has 0 saturated carbocycles. The van der Waals surface area contributed by atoms with E-state index in [0.717, 1.165) is 21.3 Å². The third kappa shape index (κ3) is 3.22. The van der Waals surface area contributed by atoms with E-state index in [1.54, 1.807) is 26.0 Å². The summed E-state index contributed by atoms with van der Waals surface area (Å²) in [6.07, 6.45) is 1.36. The van der Waals surface area contributed by atoms with Crippen molar-refractivity contribution < 1.29 is 13.2 Å². The van der Waals surface area contributed by atoms with Crippen LogP contribution in [-0.2, 0) is 6.54 Å². The maximum Gasteiger partial charge on any atom is 0.337 e. The van der Waals surface area contributed by atoms with Crippen molar-refractivity contribution in [3.63, 3.8) is 0 Å². The lowest BCUT2D eigenvalue weighted by Crippen LogP contribution is -2.41. The average Bonchev–Trinajstić information content (AvgIpc) is 3.08. The highest BCUT2D eigenvalue weighted by molar-refractivity contribution is 5.72. The van der Waals surface area contributed by atoms with Crippen molar-refractivity contribution in [2.45, 2.75) is 26.4 Å². The van der Waals surface area contributed by atoms with Crippen molar-refractivity contribution in [2.24, 2.45) is 0 Å². The molecule has 0 aliphatic heterocycles. The standard InChI is InChI=1S/C21H17F3N4O2/c1-12(2)27-20(29)18-19(25-11-26(18)10-13-4-3-5-14(22)8-13)28(21(27)30)15-6-7-16(23)17(24)9-15/h3-9,11-12H,10H2,1-2H3. The molecule has 0 saturated heterocycles. The molecule has 2 heterocycles. The predicted molar refractivity (Wildman–Crippen MR) is 105 cm³/mol. The summed E-state index contributed by atoms with van der Waals surface area (Å²) in [4.78, 5) is 30.4. The van der Waals surface area contributed by atoms with Gasteiger partial charge in [0.15, 0.2) is 22.8 Å². The normalized spacial score (nSPS) is 11.5. The van der Waals surface area contributed by atoms with Crippen LogP contribution in [-0.4, -0.2) is 18.7 Å². The van der Waals surface area contributed by atoms with Gasteiger partial charge >= 0.3 is 5.69 Å². The lowest BCUT2D eigenvalue weighted by molar-refractivity contribution is 0.506. The third-order valence-corrected chi connectivity index (χ3v) is 4.77. The molecule has 0 aliphatic carbocycles. The Morgan fingerprint density at radius 2 is 1.77 bits per heavy atom. The first kappa shape index (κ1) is 19.7. The van der Waals surface area contributed by atoms with Crippen LogP contribution < -0.4 is 11.2 Å². The first-order chi connectivity index (χ1) is 14.3. The van der Waals surface area contributed by atoms with Gasteiger partial charge in [-0.15, -0.1) is 0 Å². The van der Waals surface area contributed by atoms with Crippen LogP contribution in [0.15, 0.2) is 58.4 Å². The highest BCUT2D eigenvalue weighted by Gasteiger charge is 2.21. The molecule has 0 N–H and O–H groups in total. The van der Waals surface area contributed by atoms with Gasteiger partial charge in [0.25, 0.3) is 5.56 Å². The van der Waals surface area contributed by atoms with Crippen LogP contribution in [0.5, 0.6) is 0 Å². The maximum atomic E-state index is 13.8. The molecular formula is C21H17F3N4O2. The molecule has 0 spiro atoms. The lowest BCUT2D eigenvalue weighted by atomic mass is 10.2. The summed E-state index contributed by atoms with van der Waals surface area (Å²) in [6.45, 7) is 3.46. The van der Waals surface area contributed by atoms with Crippen molar-refractivity contribution in [3.05, 3.63) is 92.6 Å². The quantitative estimate of drug-likeness (QED) is 0.514. The average molecular weight is 414 g/mol. The van der Waals surface area contributed by atoms with E-state index in [1.807, 2.05) is 0 Å². The Bertz CT molecular complexity index is 1390. The SMILES string of the molecule is CC(C)n1c(=O)c2c(ncn2Cc2cccc(F)c2)n(-c2ccc(F)c(F)c2)c1=O. The van der Waals surface area contributed by atoms with E-state index in [2.05, 4.69) is 4.98 Å². The fourth-order valence-corrected chi connectivity index (χ4v) is 3.42. The number of aromatic nitrogens is 4. The van der Waals surface area contributed by atoms with Gasteiger partial charge in [-0.25, -0.2) is 27.5 Å². The molecule has 0 unspecified atom stereocenters. The number of rotatable bonds is 4. The minimum Gasteiger partial charge on any atom is -0.320 e. The van der Waals surface area contributed by atoms with E-state index in [4.69, 9.17) is 0 Å². The first-order valence-corrected chi connectivity index (χ1v) is 9.20. The van der Waals surface area contributed by atoms with Crippen molar-refractivity contribution in [1.82, 2.24) is 18.7 Å². The lowest BCUT2D eigenvalue weighted by Gasteiger charge is -2.15. The van der Waals surface area contributed by atoms with Crippen molar-refractivity contribution in [2.75, 3.05) is 0 Å². The molecule has 30 heavy (non-hydrogen) atoms. The Hall–Kier alpha value is -3.62. The van der Waals surface area contributed by atoms with E-state index < -0.39 is 34.7 Å². The summed E-state index contributed by atoms with van der Waals surface area (Å²) < 4.78 is 44.4. The van der Waals surface area contributed by atoms with Crippen molar-refractivity contribution in [1.29, 1.82) is 0 Å². The summed E-state index contributed by atoms with van der Waals surface area (Å²) in [5, 5.41) is 0. The zero-order valence-electron chi connectivity index (χ0n) is 16.1. The highest BCUT2D eigenvalue weighted by atomic mass is 19.2. The minimum atomic E-state index is -1.13. The largest absolute Gasteiger partial charge is 0.337 e. The van der Waals surface area contributed by atoms with Crippen LogP contribution in [0.2, 0.25) is 0 Å². The molecule has 0 aliphatic rings.